The molecule has 1 aromatic carbocycles. The summed E-state index contributed by atoms with van der Waals surface area (Å²) in [4.78, 5) is 23.2. The SMILES string of the molecule is CCC(C)C(NC(=O)Cc1ccc(N)cc1)C(N)=O. The predicted octanol–water partition coefficient (Wildman–Crippen LogP) is 0.828. The molecule has 0 heterocycles. The highest BCUT2D eigenvalue weighted by Gasteiger charge is 2.23. The minimum atomic E-state index is -0.619. The number of carbonyl (C=O) groups excluding carboxylic acids is 2. The summed E-state index contributed by atoms with van der Waals surface area (Å²) in [6.07, 6.45) is 0.982. The van der Waals surface area contributed by atoms with Gasteiger partial charge in [0, 0.05) is 5.69 Å². The van der Waals surface area contributed by atoms with E-state index in [0.29, 0.717) is 5.69 Å². The molecule has 5 heteroatoms. The van der Waals surface area contributed by atoms with Crippen LogP contribution in [-0.2, 0) is 16.0 Å². The second-order valence-electron chi connectivity index (χ2n) is 4.75. The third-order valence-corrected chi connectivity index (χ3v) is 3.18. The molecule has 1 aromatic rings. The number of hydrogen-bond acceptors (Lipinski definition) is 3. The van der Waals surface area contributed by atoms with Crippen LogP contribution >= 0.6 is 0 Å². The van der Waals surface area contributed by atoms with Crippen LogP contribution in [-0.4, -0.2) is 17.9 Å². The molecule has 2 atom stereocenters. The van der Waals surface area contributed by atoms with E-state index in [-0.39, 0.29) is 18.2 Å². The first-order valence-corrected chi connectivity index (χ1v) is 6.37. The van der Waals surface area contributed by atoms with Crippen molar-refractivity contribution >= 4 is 17.5 Å². The molecule has 0 aliphatic carbocycles. The molecule has 0 radical (unpaired) electrons. The zero-order valence-electron chi connectivity index (χ0n) is 11.3. The predicted molar refractivity (Wildman–Crippen MR) is 75.1 cm³/mol. The smallest absolute Gasteiger partial charge is 0.240 e. The number of nitrogens with one attached hydrogen (secondary N) is 1. The van der Waals surface area contributed by atoms with E-state index in [0.717, 1.165) is 12.0 Å². The van der Waals surface area contributed by atoms with Gasteiger partial charge in [-0.25, -0.2) is 0 Å². The van der Waals surface area contributed by atoms with Crippen LogP contribution in [0.4, 0.5) is 5.69 Å². The van der Waals surface area contributed by atoms with Gasteiger partial charge in [0.25, 0.3) is 0 Å². The number of benzene rings is 1. The summed E-state index contributed by atoms with van der Waals surface area (Å²) in [5.41, 5.74) is 12.4. The van der Waals surface area contributed by atoms with Crippen molar-refractivity contribution in [3.8, 4) is 0 Å². The van der Waals surface area contributed by atoms with Crippen LogP contribution in [0, 0.1) is 5.92 Å². The fraction of sp³-hybridized carbons (Fsp3) is 0.429. The molecule has 5 N–H and O–H groups in total. The molecule has 0 bridgehead atoms. The third kappa shape index (κ3) is 4.62. The molecule has 0 fully saturated rings. The Labute approximate surface area is 113 Å². The molecule has 0 aliphatic rings. The average Bonchev–Trinajstić information content (AvgIpc) is 2.37. The number of primary amides is 1. The van der Waals surface area contributed by atoms with Gasteiger partial charge in [-0.2, -0.15) is 0 Å². The molecule has 5 nitrogen and oxygen atoms in total. The Morgan fingerprint density at radius 3 is 2.32 bits per heavy atom. The Balaban J connectivity index is 2.62. The molecule has 104 valence electrons. The number of amides is 2. The highest BCUT2D eigenvalue weighted by atomic mass is 16.2. The minimum absolute atomic E-state index is 0.0212. The number of nitrogen functional groups attached to an aromatic ring is 1. The summed E-state index contributed by atoms with van der Waals surface area (Å²) in [6.45, 7) is 3.84. The fourth-order valence-corrected chi connectivity index (χ4v) is 1.77. The van der Waals surface area contributed by atoms with Crippen molar-refractivity contribution in [2.45, 2.75) is 32.7 Å². The molecule has 2 amide bonds. The molecular formula is C14H21N3O2. The fourth-order valence-electron chi connectivity index (χ4n) is 1.77. The van der Waals surface area contributed by atoms with Gasteiger partial charge in [-0.1, -0.05) is 32.4 Å². The van der Waals surface area contributed by atoms with Crippen LogP contribution in [0.25, 0.3) is 0 Å². The van der Waals surface area contributed by atoms with E-state index in [2.05, 4.69) is 5.32 Å². The standard InChI is InChI=1S/C14H21N3O2/c1-3-9(2)13(14(16)19)17-12(18)8-10-4-6-11(15)7-5-10/h4-7,9,13H,3,8,15H2,1-2H3,(H2,16,19)(H,17,18). The first kappa shape index (κ1) is 15.0. The van der Waals surface area contributed by atoms with Gasteiger partial charge in [0.1, 0.15) is 6.04 Å². The largest absolute Gasteiger partial charge is 0.399 e. The van der Waals surface area contributed by atoms with Crippen LogP contribution < -0.4 is 16.8 Å². The van der Waals surface area contributed by atoms with Crippen molar-refractivity contribution in [2.24, 2.45) is 11.7 Å². The minimum Gasteiger partial charge on any atom is -0.399 e. The van der Waals surface area contributed by atoms with Crippen molar-refractivity contribution in [1.82, 2.24) is 5.32 Å². The lowest BCUT2D eigenvalue weighted by Gasteiger charge is -2.21. The van der Waals surface area contributed by atoms with E-state index in [9.17, 15) is 9.59 Å². The van der Waals surface area contributed by atoms with Crippen molar-refractivity contribution < 1.29 is 9.59 Å². The molecule has 0 aromatic heterocycles. The molecule has 2 unspecified atom stereocenters. The molecule has 0 spiro atoms. The van der Waals surface area contributed by atoms with E-state index in [4.69, 9.17) is 11.5 Å². The first-order chi connectivity index (χ1) is 8.93. The van der Waals surface area contributed by atoms with Crippen molar-refractivity contribution in [2.75, 3.05) is 5.73 Å². The average molecular weight is 263 g/mol. The third-order valence-electron chi connectivity index (χ3n) is 3.18. The van der Waals surface area contributed by atoms with Crippen LogP contribution in [0.1, 0.15) is 25.8 Å². The van der Waals surface area contributed by atoms with Crippen LogP contribution in [0.2, 0.25) is 0 Å². The maximum atomic E-state index is 11.9. The number of anilines is 1. The molecule has 19 heavy (non-hydrogen) atoms. The highest BCUT2D eigenvalue weighted by molar-refractivity contribution is 5.87. The van der Waals surface area contributed by atoms with E-state index in [1.807, 2.05) is 13.8 Å². The molecule has 1 rings (SSSR count). The second kappa shape index (κ2) is 6.78. The maximum Gasteiger partial charge on any atom is 0.240 e. The second-order valence-corrected chi connectivity index (χ2v) is 4.75. The van der Waals surface area contributed by atoms with E-state index in [1.165, 1.54) is 0 Å². The summed E-state index contributed by atoms with van der Waals surface area (Å²) in [6, 6.07) is 6.44. The summed E-state index contributed by atoms with van der Waals surface area (Å²) < 4.78 is 0. The number of hydrogen-bond donors (Lipinski definition) is 3. The van der Waals surface area contributed by atoms with Crippen LogP contribution in [0.3, 0.4) is 0 Å². The van der Waals surface area contributed by atoms with E-state index < -0.39 is 11.9 Å². The first-order valence-electron chi connectivity index (χ1n) is 6.37. The van der Waals surface area contributed by atoms with Crippen LogP contribution in [0.5, 0.6) is 0 Å². The quantitative estimate of drug-likeness (QED) is 0.663. The summed E-state index contributed by atoms with van der Waals surface area (Å²) in [5.74, 6) is -0.693. The van der Waals surface area contributed by atoms with Gasteiger partial charge in [0.15, 0.2) is 0 Å². The Morgan fingerprint density at radius 2 is 1.84 bits per heavy atom. The Kier molecular flexibility index (Phi) is 5.36. The Hall–Kier alpha value is -2.04. The number of nitrogens with two attached hydrogens (primary N) is 2. The van der Waals surface area contributed by atoms with Crippen LogP contribution in [0.15, 0.2) is 24.3 Å². The number of carbonyl (C=O) groups is 2. The van der Waals surface area contributed by atoms with Crippen molar-refractivity contribution in [3.63, 3.8) is 0 Å². The summed E-state index contributed by atoms with van der Waals surface area (Å²) in [7, 11) is 0. The normalized spacial score (nSPS) is 13.6. The van der Waals surface area contributed by atoms with E-state index in [1.54, 1.807) is 24.3 Å². The Bertz CT molecular complexity index is 443. The molecule has 0 saturated heterocycles. The van der Waals surface area contributed by atoms with Crippen molar-refractivity contribution in [3.05, 3.63) is 29.8 Å². The maximum absolute atomic E-state index is 11.9. The van der Waals surface area contributed by atoms with Gasteiger partial charge in [-0.15, -0.1) is 0 Å². The van der Waals surface area contributed by atoms with Gasteiger partial charge in [-0.05, 0) is 23.6 Å². The van der Waals surface area contributed by atoms with Crippen molar-refractivity contribution in [1.29, 1.82) is 0 Å². The molecule has 0 saturated carbocycles. The van der Waals surface area contributed by atoms with Gasteiger partial charge >= 0.3 is 0 Å². The zero-order valence-corrected chi connectivity index (χ0v) is 11.3. The van der Waals surface area contributed by atoms with Gasteiger partial charge in [0.2, 0.25) is 11.8 Å². The lowest BCUT2D eigenvalue weighted by molar-refractivity contribution is -0.128. The monoisotopic (exact) mass is 263 g/mol. The Morgan fingerprint density at radius 1 is 1.26 bits per heavy atom. The molecular weight excluding hydrogens is 242 g/mol. The molecule has 0 aliphatic heterocycles. The van der Waals surface area contributed by atoms with Gasteiger partial charge in [-0.3, -0.25) is 9.59 Å². The topological polar surface area (TPSA) is 98.2 Å². The lowest BCUT2D eigenvalue weighted by atomic mass is 9.98. The van der Waals surface area contributed by atoms with E-state index >= 15 is 0 Å². The zero-order chi connectivity index (χ0) is 14.4. The van der Waals surface area contributed by atoms with Gasteiger partial charge in [0.05, 0.1) is 6.42 Å². The highest BCUT2D eigenvalue weighted by Crippen LogP contribution is 2.09. The van der Waals surface area contributed by atoms with Gasteiger partial charge < -0.3 is 16.8 Å². The lowest BCUT2D eigenvalue weighted by Crippen LogP contribution is -2.48. The summed E-state index contributed by atoms with van der Waals surface area (Å²) >= 11 is 0. The summed E-state index contributed by atoms with van der Waals surface area (Å²) in [5, 5.41) is 2.69. The number of rotatable bonds is 6.